The van der Waals surface area contributed by atoms with Gasteiger partial charge < -0.3 is 14.2 Å². The Hall–Kier alpha value is -1.20. The van der Waals surface area contributed by atoms with Crippen LogP contribution in [-0.2, 0) is 0 Å². The Morgan fingerprint density at radius 2 is 1.52 bits per heavy atom. The summed E-state index contributed by atoms with van der Waals surface area (Å²) in [5.74, 6) is 2.38. The molecule has 2 aromatic carbocycles. The summed E-state index contributed by atoms with van der Waals surface area (Å²) in [5, 5.41) is 0. The Kier molecular flexibility index (Phi) is 5.53. The van der Waals surface area contributed by atoms with Crippen LogP contribution in [0.25, 0.3) is 0 Å². The fourth-order valence-electron chi connectivity index (χ4n) is 2.10. The second-order valence-corrected chi connectivity index (χ2v) is 6.19. The lowest BCUT2D eigenvalue weighted by Crippen LogP contribution is -2.00. The van der Waals surface area contributed by atoms with E-state index < -0.39 is 0 Å². The molecule has 0 aliphatic heterocycles. The van der Waals surface area contributed by atoms with E-state index in [-0.39, 0.29) is 4.83 Å². The summed E-state index contributed by atoms with van der Waals surface area (Å²) in [6.45, 7) is 0. The molecule has 0 spiro atoms. The summed E-state index contributed by atoms with van der Waals surface area (Å²) in [5.41, 5.74) is 2.00. The molecule has 0 bridgehead atoms. The van der Waals surface area contributed by atoms with Gasteiger partial charge in [-0.05, 0) is 30.3 Å². The predicted octanol–water partition coefficient (Wildman–Crippen LogP) is 4.96. The van der Waals surface area contributed by atoms with Crippen molar-refractivity contribution in [1.29, 1.82) is 0 Å². The molecule has 0 aliphatic carbocycles. The number of ether oxygens (including phenoxy) is 3. The molecular weight excluding hydrogens is 400 g/mol. The van der Waals surface area contributed by atoms with Gasteiger partial charge >= 0.3 is 0 Å². The molecular formula is C16H16Br2O3. The van der Waals surface area contributed by atoms with Crippen molar-refractivity contribution in [2.24, 2.45) is 0 Å². The zero-order valence-electron chi connectivity index (χ0n) is 12.0. The van der Waals surface area contributed by atoms with E-state index in [4.69, 9.17) is 14.2 Å². The van der Waals surface area contributed by atoms with E-state index in [0.29, 0.717) is 0 Å². The summed E-state index contributed by atoms with van der Waals surface area (Å²) >= 11 is 7.19. The van der Waals surface area contributed by atoms with Gasteiger partial charge in [0.05, 0.1) is 26.2 Å². The lowest BCUT2D eigenvalue weighted by Gasteiger charge is -2.18. The Balaban J connectivity index is 2.50. The van der Waals surface area contributed by atoms with E-state index in [1.807, 2.05) is 36.4 Å². The van der Waals surface area contributed by atoms with Crippen LogP contribution in [0.5, 0.6) is 17.2 Å². The SMILES string of the molecule is COc1ccc(OC)c(C(Br)c2ccc(Br)cc2OC)c1. The van der Waals surface area contributed by atoms with Crippen LogP contribution in [-0.4, -0.2) is 21.3 Å². The number of benzene rings is 2. The van der Waals surface area contributed by atoms with E-state index in [2.05, 4.69) is 31.9 Å². The maximum atomic E-state index is 5.47. The van der Waals surface area contributed by atoms with Gasteiger partial charge in [0.25, 0.3) is 0 Å². The first-order chi connectivity index (χ1) is 10.1. The lowest BCUT2D eigenvalue weighted by atomic mass is 10.0. The van der Waals surface area contributed by atoms with Gasteiger partial charge in [-0.3, -0.25) is 0 Å². The van der Waals surface area contributed by atoms with Crippen LogP contribution in [0.2, 0.25) is 0 Å². The van der Waals surface area contributed by atoms with E-state index in [9.17, 15) is 0 Å². The van der Waals surface area contributed by atoms with Crippen molar-refractivity contribution < 1.29 is 14.2 Å². The monoisotopic (exact) mass is 414 g/mol. The van der Waals surface area contributed by atoms with E-state index >= 15 is 0 Å². The third-order valence-corrected chi connectivity index (χ3v) is 4.66. The Labute approximate surface area is 141 Å². The number of methoxy groups -OCH3 is 3. The second-order valence-electron chi connectivity index (χ2n) is 4.36. The van der Waals surface area contributed by atoms with Gasteiger partial charge in [0.15, 0.2) is 0 Å². The van der Waals surface area contributed by atoms with E-state index in [0.717, 1.165) is 32.8 Å². The minimum atomic E-state index is -0.0643. The molecule has 1 unspecified atom stereocenters. The first-order valence-electron chi connectivity index (χ1n) is 6.30. The quantitative estimate of drug-likeness (QED) is 0.646. The molecule has 1 atom stereocenters. The van der Waals surface area contributed by atoms with Crippen LogP contribution < -0.4 is 14.2 Å². The maximum Gasteiger partial charge on any atom is 0.124 e. The maximum absolute atomic E-state index is 5.47. The smallest absolute Gasteiger partial charge is 0.124 e. The van der Waals surface area contributed by atoms with Crippen LogP contribution in [0, 0.1) is 0 Å². The summed E-state index contributed by atoms with van der Waals surface area (Å²) in [6.07, 6.45) is 0. The molecule has 0 saturated heterocycles. The van der Waals surface area contributed by atoms with Gasteiger partial charge in [-0.15, -0.1) is 0 Å². The average molecular weight is 416 g/mol. The zero-order chi connectivity index (χ0) is 15.4. The Bertz CT molecular complexity index is 629. The van der Waals surface area contributed by atoms with Crippen LogP contribution in [0.3, 0.4) is 0 Å². The zero-order valence-corrected chi connectivity index (χ0v) is 15.2. The van der Waals surface area contributed by atoms with Gasteiger partial charge in [-0.1, -0.05) is 37.9 Å². The molecule has 0 heterocycles. The minimum Gasteiger partial charge on any atom is -0.497 e. The highest BCUT2D eigenvalue weighted by Gasteiger charge is 2.20. The number of hydrogen-bond acceptors (Lipinski definition) is 3. The van der Waals surface area contributed by atoms with Crippen molar-refractivity contribution in [3.63, 3.8) is 0 Å². The van der Waals surface area contributed by atoms with Crippen molar-refractivity contribution >= 4 is 31.9 Å². The molecule has 0 amide bonds. The number of alkyl halides is 1. The predicted molar refractivity (Wildman–Crippen MR) is 91.0 cm³/mol. The van der Waals surface area contributed by atoms with Crippen LogP contribution in [0.15, 0.2) is 40.9 Å². The van der Waals surface area contributed by atoms with Crippen LogP contribution >= 0.6 is 31.9 Å². The molecule has 2 rings (SSSR count). The lowest BCUT2D eigenvalue weighted by molar-refractivity contribution is 0.397. The van der Waals surface area contributed by atoms with Gasteiger partial charge in [0, 0.05) is 15.6 Å². The van der Waals surface area contributed by atoms with Crippen molar-refractivity contribution in [1.82, 2.24) is 0 Å². The van der Waals surface area contributed by atoms with Gasteiger partial charge in [0.1, 0.15) is 17.2 Å². The largest absolute Gasteiger partial charge is 0.497 e. The minimum absolute atomic E-state index is 0.0643. The fourth-order valence-corrected chi connectivity index (χ4v) is 3.18. The van der Waals surface area contributed by atoms with Gasteiger partial charge in [0.2, 0.25) is 0 Å². The molecule has 2 aromatic rings. The third-order valence-electron chi connectivity index (χ3n) is 3.18. The van der Waals surface area contributed by atoms with Crippen LogP contribution in [0.4, 0.5) is 0 Å². The highest BCUT2D eigenvalue weighted by molar-refractivity contribution is 9.10. The summed E-state index contributed by atoms with van der Waals surface area (Å²) in [4.78, 5) is -0.0643. The Morgan fingerprint density at radius 1 is 0.810 bits per heavy atom. The van der Waals surface area contributed by atoms with Crippen LogP contribution in [0.1, 0.15) is 16.0 Å². The highest BCUT2D eigenvalue weighted by atomic mass is 79.9. The molecule has 3 nitrogen and oxygen atoms in total. The number of rotatable bonds is 5. The van der Waals surface area contributed by atoms with E-state index in [1.54, 1.807) is 21.3 Å². The first-order valence-corrected chi connectivity index (χ1v) is 8.01. The van der Waals surface area contributed by atoms with Gasteiger partial charge in [-0.2, -0.15) is 0 Å². The molecule has 112 valence electrons. The van der Waals surface area contributed by atoms with E-state index in [1.165, 1.54) is 0 Å². The summed E-state index contributed by atoms with van der Waals surface area (Å²) < 4.78 is 17.2. The standard InChI is InChI=1S/C16H16Br2O3/c1-19-11-5-7-14(20-2)13(9-11)16(18)12-6-4-10(17)8-15(12)21-3/h4-9,16H,1-3H3. The first kappa shape index (κ1) is 16.2. The second kappa shape index (κ2) is 7.18. The average Bonchev–Trinajstić information content (AvgIpc) is 2.53. The molecule has 21 heavy (non-hydrogen) atoms. The van der Waals surface area contributed by atoms with Crippen molar-refractivity contribution in [3.8, 4) is 17.2 Å². The molecule has 0 aliphatic rings. The molecule has 5 heteroatoms. The molecule has 0 radical (unpaired) electrons. The number of hydrogen-bond donors (Lipinski definition) is 0. The number of halogens is 2. The van der Waals surface area contributed by atoms with Gasteiger partial charge in [-0.25, -0.2) is 0 Å². The van der Waals surface area contributed by atoms with Crippen molar-refractivity contribution in [2.45, 2.75) is 4.83 Å². The molecule has 0 N–H and O–H groups in total. The van der Waals surface area contributed by atoms with Crippen molar-refractivity contribution in [3.05, 3.63) is 52.0 Å². The normalized spacial score (nSPS) is 11.9. The molecule has 0 aromatic heterocycles. The Morgan fingerprint density at radius 3 is 2.14 bits per heavy atom. The van der Waals surface area contributed by atoms with Crippen molar-refractivity contribution in [2.75, 3.05) is 21.3 Å². The summed E-state index contributed by atoms with van der Waals surface area (Å²) in [6, 6.07) is 11.7. The molecule has 0 fully saturated rings. The molecule has 0 saturated carbocycles. The third kappa shape index (κ3) is 3.52. The fraction of sp³-hybridized carbons (Fsp3) is 0.250. The summed E-state index contributed by atoms with van der Waals surface area (Å²) in [7, 11) is 4.96. The topological polar surface area (TPSA) is 27.7 Å². The highest BCUT2D eigenvalue weighted by Crippen LogP contribution is 2.42.